The van der Waals surface area contributed by atoms with Crippen molar-refractivity contribution >= 4 is 17.2 Å². The number of fused-ring (bicyclic) bond motifs is 1. The van der Waals surface area contributed by atoms with E-state index < -0.39 is 24.8 Å². The number of rotatable bonds is 3. The summed E-state index contributed by atoms with van der Waals surface area (Å²) >= 11 is 5.82. The second kappa shape index (κ2) is 5.44. The van der Waals surface area contributed by atoms with Gasteiger partial charge < -0.3 is 0 Å². The molecule has 3 aromatic rings. The molecule has 0 aromatic carbocycles. The first-order valence-corrected chi connectivity index (χ1v) is 6.56. The fraction of sp³-hybridized carbons (Fsp3) is 0.250. The molecular formula is C12H7ClF5N5. The summed E-state index contributed by atoms with van der Waals surface area (Å²) in [6.45, 7) is -0.942. The molecule has 0 unspecified atom stereocenters. The van der Waals surface area contributed by atoms with Gasteiger partial charge in [-0.15, -0.1) is 0 Å². The van der Waals surface area contributed by atoms with Gasteiger partial charge in [0, 0.05) is 18.6 Å². The van der Waals surface area contributed by atoms with Gasteiger partial charge in [-0.3, -0.25) is 9.08 Å². The molecule has 0 atom stereocenters. The topological polar surface area (TPSA) is 48.0 Å². The molecule has 0 fully saturated rings. The SMILES string of the molecule is FC(F)Cn1cc(-c2cnc3c(Cl)nccn23)c(C(F)(F)F)n1. The zero-order valence-electron chi connectivity index (χ0n) is 11.1. The predicted octanol–water partition coefficient (Wildman–Crippen LogP) is 3.53. The van der Waals surface area contributed by atoms with Crippen LogP contribution in [0.25, 0.3) is 16.9 Å². The predicted molar refractivity (Wildman–Crippen MR) is 70.2 cm³/mol. The Morgan fingerprint density at radius 3 is 2.61 bits per heavy atom. The highest BCUT2D eigenvalue weighted by Crippen LogP contribution is 2.36. The smallest absolute Gasteiger partial charge is 0.295 e. The van der Waals surface area contributed by atoms with Crippen molar-refractivity contribution in [3.8, 4) is 11.3 Å². The molecule has 5 nitrogen and oxygen atoms in total. The van der Waals surface area contributed by atoms with Gasteiger partial charge in [-0.25, -0.2) is 18.7 Å². The maximum atomic E-state index is 13.1. The molecule has 0 aliphatic heterocycles. The Balaban J connectivity index is 2.21. The van der Waals surface area contributed by atoms with E-state index in [1.807, 2.05) is 0 Å². The lowest BCUT2D eigenvalue weighted by Crippen LogP contribution is -2.11. The fourth-order valence-corrected chi connectivity index (χ4v) is 2.34. The van der Waals surface area contributed by atoms with Crippen LogP contribution in [0.3, 0.4) is 0 Å². The van der Waals surface area contributed by atoms with Crippen molar-refractivity contribution in [1.82, 2.24) is 24.1 Å². The minimum Gasteiger partial charge on any atom is -0.295 e. The Hall–Kier alpha value is -2.23. The van der Waals surface area contributed by atoms with Gasteiger partial charge in [-0.1, -0.05) is 11.6 Å². The zero-order chi connectivity index (χ0) is 16.8. The molecule has 3 aromatic heterocycles. The molecule has 0 spiro atoms. The molecule has 122 valence electrons. The number of hydrogen-bond donors (Lipinski definition) is 0. The molecule has 0 radical (unpaired) electrons. The number of halogens is 6. The quantitative estimate of drug-likeness (QED) is 0.678. The summed E-state index contributed by atoms with van der Waals surface area (Å²) < 4.78 is 66.1. The Labute approximate surface area is 130 Å². The van der Waals surface area contributed by atoms with Crippen molar-refractivity contribution in [3.05, 3.63) is 35.6 Å². The molecule has 0 aliphatic rings. The molecule has 0 aliphatic carbocycles. The highest BCUT2D eigenvalue weighted by molar-refractivity contribution is 6.32. The fourth-order valence-electron chi connectivity index (χ4n) is 2.14. The van der Waals surface area contributed by atoms with Crippen LogP contribution < -0.4 is 0 Å². The van der Waals surface area contributed by atoms with Crippen LogP contribution in [0.4, 0.5) is 22.0 Å². The van der Waals surface area contributed by atoms with Crippen molar-refractivity contribution in [1.29, 1.82) is 0 Å². The van der Waals surface area contributed by atoms with E-state index in [1.165, 1.54) is 16.8 Å². The summed E-state index contributed by atoms with van der Waals surface area (Å²) in [6, 6.07) is 0. The van der Waals surface area contributed by atoms with Gasteiger partial charge in [0.15, 0.2) is 16.5 Å². The van der Waals surface area contributed by atoms with Gasteiger partial charge in [-0.2, -0.15) is 18.3 Å². The number of imidazole rings is 1. The van der Waals surface area contributed by atoms with Crippen molar-refractivity contribution in [2.45, 2.75) is 19.1 Å². The van der Waals surface area contributed by atoms with E-state index in [-0.39, 0.29) is 22.1 Å². The van der Waals surface area contributed by atoms with Crippen LogP contribution in [0.5, 0.6) is 0 Å². The number of alkyl halides is 5. The first kappa shape index (κ1) is 15.7. The van der Waals surface area contributed by atoms with Crippen LogP contribution in [0.1, 0.15) is 5.69 Å². The Bertz CT molecular complexity index is 853. The van der Waals surface area contributed by atoms with E-state index in [0.717, 1.165) is 12.4 Å². The summed E-state index contributed by atoms with van der Waals surface area (Å²) in [6.07, 6.45) is -2.91. The number of aromatic nitrogens is 5. The molecular weight excluding hydrogens is 345 g/mol. The maximum Gasteiger partial charge on any atom is 0.435 e. The van der Waals surface area contributed by atoms with Gasteiger partial charge in [0.25, 0.3) is 6.43 Å². The Morgan fingerprint density at radius 1 is 1.22 bits per heavy atom. The minimum absolute atomic E-state index is 0.00674. The first-order chi connectivity index (χ1) is 10.8. The van der Waals surface area contributed by atoms with Gasteiger partial charge in [-0.05, 0) is 0 Å². The third-order valence-corrected chi connectivity index (χ3v) is 3.28. The third kappa shape index (κ3) is 2.85. The number of nitrogens with zero attached hydrogens (tertiary/aromatic N) is 5. The lowest BCUT2D eigenvalue weighted by Gasteiger charge is -2.06. The molecule has 0 saturated carbocycles. The average Bonchev–Trinajstić information content (AvgIpc) is 3.01. The summed E-state index contributed by atoms with van der Waals surface area (Å²) in [5, 5.41) is 3.24. The van der Waals surface area contributed by atoms with Gasteiger partial charge in [0.2, 0.25) is 0 Å². The molecule has 0 amide bonds. The van der Waals surface area contributed by atoms with E-state index in [9.17, 15) is 22.0 Å². The molecule has 3 heterocycles. The van der Waals surface area contributed by atoms with Gasteiger partial charge >= 0.3 is 6.18 Å². The average molecular weight is 352 g/mol. The van der Waals surface area contributed by atoms with Crippen LogP contribution >= 0.6 is 11.6 Å². The molecule has 0 N–H and O–H groups in total. The normalized spacial score (nSPS) is 12.5. The molecule has 11 heteroatoms. The van der Waals surface area contributed by atoms with Crippen molar-refractivity contribution in [2.24, 2.45) is 0 Å². The molecule has 0 saturated heterocycles. The summed E-state index contributed by atoms with van der Waals surface area (Å²) in [4.78, 5) is 7.67. The van der Waals surface area contributed by atoms with Crippen LogP contribution in [-0.2, 0) is 12.7 Å². The molecule has 0 bridgehead atoms. The first-order valence-electron chi connectivity index (χ1n) is 6.18. The minimum atomic E-state index is -4.80. The highest BCUT2D eigenvalue weighted by Gasteiger charge is 2.38. The third-order valence-electron chi connectivity index (χ3n) is 3.02. The van der Waals surface area contributed by atoms with Gasteiger partial charge in [0.05, 0.1) is 17.5 Å². The van der Waals surface area contributed by atoms with Crippen molar-refractivity contribution < 1.29 is 22.0 Å². The van der Waals surface area contributed by atoms with E-state index in [2.05, 4.69) is 15.1 Å². The van der Waals surface area contributed by atoms with E-state index >= 15 is 0 Å². The van der Waals surface area contributed by atoms with Crippen LogP contribution in [0.15, 0.2) is 24.8 Å². The van der Waals surface area contributed by atoms with Crippen LogP contribution in [-0.4, -0.2) is 30.6 Å². The zero-order valence-corrected chi connectivity index (χ0v) is 11.9. The highest BCUT2D eigenvalue weighted by atomic mass is 35.5. The van der Waals surface area contributed by atoms with Gasteiger partial charge in [0.1, 0.15) is 6.54 Å². The van der Waals surface area contributed by atoms with Crippen LogP contribution in [0, 0.1) is 0 Å². The van der Waals surface area contributed by atoms with E-state index in [1.54, 1.807) is 0 Å². The van der Waals surface area contributed by atoms with E-state index in [4.69, 9.17) is 11.6 Å². The molecule has 3 rings (SSSR count). The van der Waals surface area contributed by atoms with Crippen LogP contribution in [0.2, 0.25) is 5.15 Å². The second-order valence-corrected chi connectivity index (χ2v) is 4.92. The van der Waals surface area contributed by atoms with Crippen molar-refractivity contribution in [2.75, 3.05) is 0 Å². The lowest BCUT2D eigenvalue weighted by atomic mass is 10.2. The summed E-state index contributed by atoms with van der Waals surface area (Å²) in [7, 11) is 0. The summed E-state index contributed by atoms with van der Waals surface area (Å²) in [5.41, 5.74) is -1.46. The monoisotopic (exact) mass is 351 g/mol. The Kier molecular flexibility index (Phi) is 3.71. The largest absolute Gasteiger partial charge is 0.435 e. The lowest BCUT2D eigenvalue weighted by molar-refractivity contribution is -0.141. The molecule has 23 heavy (non-hydrogen) atoms. The maximum absolute atomic E-state index is 13.1. The van der Waals surface area contributed by atoms with E-state index in [0.29, 0.717) is 4.68 Å². The number of hydrogen-bond acceptors (Lipinski definition) is 3. The second-order valence-electron chi connectivity index (χ2n) is 4.56. The standard InChI is InChI=1S/C12H7ClF5N5/c13-10-11-20-3-7(23(11)2-1-19-10)6-4-22(5-8(14)15)21-9(6)12(16,17)18/h1-4,8H,5H2. The summed E-state index contributed by atoms with van der Waals surface area (Å²) in [5.74, 6) is 0. The van der Waals surface area contributed by atoms with Crippen molar-refractivity contribution in [3.63, 3.8) is 0 Å². The Morgan fingerprint density at radius 2 is 1.96 bits per heavy atom.